The molecule has 2 fully saturated rings. The number of ether oxygens (including phenoxy) is 1. The largest absolute Gasteiger partial charge is 0.378 e. The van der Waals surface area contributed by atoms with Crippen LogP contribution in [0.15, 0.2) is 15.5 Å². The molecule has 1 aliphatic carbocycles. The molecule has 2 heterocycles. The molecule has 1 aromatic rings. The Hall–Kier alpha value is -0.920. The molecule has 2 atom stereocenters. The molecule has 20 heavy (non-hydrogen) atoms. The van der Waals surface area contributed by atoms with Gasteiger partial charge in [0.2, 0.25) is 0 Å². The van der Waals surface area contributed by atoms with E-state index in [9.17, 15) is 4.79 Å². The fourth-order valence-electron chi connectivity index (χ4n) is 2.49. The van der Waals surface area contributed by atoms with Crippen molar-refractivity contribution in [1.82, 2.24) is 15.1 Å². The lowest BCUT2D eigenvalue weighted by Crippen LogP contribution is -2.35. The number of hydrogen-bond acceptors (Lipinski definition) is 5. The summed E-state index contributed by atoms with van der Waals surface area (Å²) in [6.45, 7) is 2.36. The Labute approximate surface area is 126 Å². The van der Waals surface area contributed by atoms with Gasteiger partial charge in [-0.2, -0.15) is 5.10 Å². The third-order valence-corrected chi connectivity index (χ3v) is 4.68. The van der Waals surface area contributed by atoms with E-state index in [0.717, 1.165) is 25.3 Å². The Balaban J connectivity index is 1.76. The number of nitrogens with one attached hydrogen (secondary N) is 2. The van der Waals surface area contributed by atoms with Crippen LogP contribution in [0.4, 0.5) is 5.69 Å². The molecule has 0 radical (unpaired) electrons. The predicted molar refractivity (Wildman–Crippen MR) is 80.0 cm³/mol. The van der Waals surface area contributed by atoms with Crippen LogP contribution in [0.25, 0.3) is 0 Å². The first-order valence-electron chi connectivity index (χ1n) is 6.94. The minimum absolute atomic E-state index is 0.0678. The number of methoxy groups -OCH3 is 1. The van der Waals surface area contributed by atoms with Gasteiger partial charge in [0.05, 0.1) is 24.0 Å². The average Bonchev–Trinajstić information content (AvgIpc) is 3.15. The van der Waals surface area contributed by atoms with E-state index in [2.05, 4.69) is 31.7 Å². The summed E-state index contributed by atoms with van der Waals surface area (Å²) in [6, 6.07) is 0.150. The highest BCUT2D eigenvalue weighted by atomic mass is 79.9. The second-order valence-electron chi connectivity index (χ2n) is 5.49. The lowest BCUT2D eigenvalue weighted by molar-refractivity contribution is 0.111. The lowest BCUT2D eigenvalue weighted by Gasteiger charge is -2.20. The highest BCUT2D eigenvalue weighted by molar-refractivity contribution is 9.10. The van der Waals surface area contributed by atoms with Crippen LogP contribution in [0, 0.1) is 5.92 Å². The maximum Gasteiger partial charge on any atom is 0.283 e. The summed E-state index contributed by atoms with van der Waals surface area (Å²) in [5.41, 5.74) is 0.666. The molecule has 1 saturated heterocycles. The van der Waals surface area contributed by atoms with Crippen LogP contribution in [0.3, 0.4) is 0 Å². The Morgan fingerprint density at radius 2 is 2.35 bits per heavy atom. The van der Waals surface area contributed by atoms with Crippen LogP contribution in [0.5, 0.6) is 0 Å². The summed E-state index contributed by atoms with van der Waals surface area (Å²) >= 11 is 3.39. The van der Waals surface area contributed by atoms with Gasteiger partial charge in [0.1, 0.15) is 4.47 Å². The molecule has 2 aliphatic rings. The lowest BCUT2D eigenvalue weighted by atomic mass is 10.2. The minimum atomic E-state index is -0.0678. The molecule has 6 nitrogen and oxygen atoms in total. The van der Waals surface area contributed by atoms with Crippen molar-refractivity contribution >= 4 is 21.6 Å². The number of nitrogens with zero attached hydrogens (tertiary/aromatic N) is 2. The Kier molecular flexibility index (Phi) is 4.09. The first-order valence-corrected chi connectivity index (χ1v) is 7.74. The first-order chi connectivity index (χ1) is 9.69. The summed E-state index contributed by atoms with van der Waals surface area (Å²) in [5, 5.41) is 10.9. The van der Waals surface area contributed by atoms with Gasteiger partial charge < -0.3 is 15.4 Å². The highest BCUT2D eigenvalue weighted by Gasteiger charge is 2.28. The monoisotopic (exact) mass is 342 g/mol. The summed E-state index contributed by atoms with van der Waals surface area (Å²) in [6.07, 6.45) is 4.24. The van der Waals surface area contributed by atoms with E-state index in [4.69, 9.17) is 4.74 Å². The maximum absolute atomic E-state index is 12.2. The van der Waals surface area contributed by atoms with Gasteiger partial charge in [-0.3, -0.25) is 4.79 Å². The van der Waals surface area contributed by atoms with Crippen molar-refractivity contribution in [1.29, 1.82) is 0 Å². The van der Waals surface area contributed by atoms with Crippen molar-refractivity contribution in [3.8, 4) is 0 Å². The first kappa shape index (κ1) is 14.0. The molecule has 2 N–H and O–H groups in total. The maximum atomic E-state index is 12.2. The van der Waals surface area contributed by atoms with Crippen LogP contribution < -0.4 is 16.2 Å². The van der Waals surface area contributed by atoms with E-state index < -0.39 is 0 Å². The Morgan fingerprint density at radius 1 is 1.55 bits per heavy atom. The van der Waals surface area contributed by atoms with Gasteiger partial charge in [-0.1, -0.05) is 0 Å². The summed E-state index contributed by atoms with van der Waals surface area (Å²) in [5.74, 6) is 0.628. The van der Waals surface area contributed by atoms with E-state index in [1.165, 1.54) is 12.8 Å². The van der Waals surface area contributed by atoms with E-state index in [0.29, 0.717) is 10.4 Å². The second kappa shape index (κ2) is 5.83. The third kappa shape index (κ3) is 2.89. The number of halogens is 1. The van der Waals surface area contributed by atoms with Gasteiger partial charge in [0, 0.05) is 26.7 Å². The van der Waals surface area contributed by atoms with E-state index in [-0.39, 0.29) is 17.7 Å². The van der Waals surface area contributed by atoms with Crippen molar-refractivity contribution in [3.63, 3.8) is 0 Å². The number of aromatic nitrogens is 2. The zero-order valence-electron chi connectivity index (χ0n) is 11.4. The van der Waals surface area contributed by atoms with Crippen LogP contribution in [0.2, 0.25) is 0 Å². The molecular formula is C13H19BrN4O2. The summed E-state index contributed by atoms with van der Waals surface area (Å²) < 4.78 is 7.51. The van der Waals surface area contributed by atoms with E-state index in [1.807, 2.05) is 0 Å². The smallest absolute Gasteiger partial charge is 0.283 e. The zero-order chi connectivity index (χ0) is 14.1. The number of anilines is 1. The van der Waals surface area contributed by atoms with Gasteiger partial charge in [0.25, 0.3) is 5.56 Å². The molecule has 0 aromatic carbocycles. The fourth-order valence-corrected chi connectivity index (χ4v) is 2.91. The van der Waals surface area contributed by atoms with Gasteiger partial charge in [-0.15, -0.1) is 0 Å². The molecule has 3 rings (SSSR count). The molecule has 0 amide bonds. The van der Waals surface area contributed by atoms with Crippen LogP contribution >= 0.6 is 15.9 Å². The highest BCUT2D eigenvalue weighted by Crippen LogP contribution is 2.30. The molecular weight excluding hydrogens is 324 g/mol. The summed E-state index contributed by atoms with van der Waals surface area (Å²) in [4.78, 5) is 12.2. The molecule has 110 valence electrons. The molecule has 7 heteroatoms. The molecule has 0 bridgehead atoms. The van der Waals surface area contributed by atoms with Crippen molar-refractivity contribution in [2.45, 2.75) is 31.5 Å². The molecule has 1 aromatic heterocycles. The molecule has 1 saturated carbocycles. The second-order valence-corrected chi connectivity index (χ2v) is 6.28. The molecule has 1 aliphatic heterocycles. The van der Waals surface area contributed by atoms with Gasteiger partial charge in [-0.25, -0.2) is 4.68 Å². The SMILES string of the molecule is CO[C@H]1CNCC1Nc1cnn(CC2CC2)c(=O)c1Br. The quantitative estimate of drug-likeness (QED) is 0.828. The van der Waals surface area contributed by atoms with Gasteiger partial charge >= 0.3 is 0 Å². The van der Waals surface area contributed by atoms with Crippen molar-refractivity contribution in [3.05, 3.63) is 21.0 Å². The fraction of sp³-hybridized carbons (Fsp3) is 0.692. The van der Waals surface area contributed by atoms with E-state index in [1.54, 1.807) is 18.0 Å². The Bertz CT molecular complexity index is 544. The average molecular weight is 343 g/mol. The predicted octanol–water partition coefficient (Wildman–Crippen LogP) is 0.814. The molecule has 1 unspecified atom stereocenters. The topological polar surface area (TPSA) is 68.2 Å². The standard InChI is InChI=1S/C13H19BrN4O2/c1-20-11-6-15-4-9(11)17-10-5-16-18(7-8-2-3-8)13(19)12(10)14/h5,8-9,11,15,17H,2-4,6-7H2,1H3/t9?,11-/m0/s1. The van der Waals surface area contributed by atoms with E-state index >= 15 is 0 Å². The molecule has 0 spiro atoms. The van der Waals surface area contributed by atoms with Gasteiger partial charge in [-0.05, 0) is 34.7 Å². The van der Waals surface area contributed by atoms with Crippen molar-refractivity contribution < 1.29 is 4.74 Å². The van der Waals surface area contributed by atoms with Crippen molar-refractivity contribution in [2.75, 3.05) is 25.5 Å². The zero-order valence-corrected chi connectivity index (χ0v) is 13.0. The van der Waals surface area contributed by atoms with Crippen LogP contribution in [-0.2, 0) is 11.3 Å². The van der Waals surface area contributed by atoms with Crippen LogP contribution in [0.1, 0.15) is 12.8 Å². The van der Waals surface area contributed by atoms with Crippen molar-refractivity contribution in [2.24, 2.45) is 5.92 Å². The van der Waals surface area contributed by atoms with Crippen LogP contribution in [-0.4, -0.2) is 42.1 Å². The summed E-state index contributed by atoms with van der Waals surface area (Å²) in [7, 11) is 1.70. The minimum Gasteiger partial charge on any atom is -0.378 e. The van der Waals surface area contributed by atoms with Gasteiger partial charge in [0.15, 0.2) is 0 Å². The number of hydrogen-bond donors (Lipinski definition) is 2. The normalized spacial score (nSPS) is 25.9. The third-order valence-electron chi connectivity index (χ3n) is 3.92. The number of rotatable bonds is 5. The Morgan fingerprint density at radius 3 is 3.05 bits per heavy atom.